The summed E-state index contributed by atoms with van der Waals surface area (Å²) in [6.07, 6.45) is 4.04. The second kappa shape index (κ2) is 6.19. The molecule has 3 unspecified atom stereocenters. The summed E-state index contributed by atoms with van der Waals surface area (Å²) >= 11 is 0. The van der Waals surface area contributed by atoms with Gasteiger partial charge in [-0.2, -0.15) is 5.26 Å². The lowest BCUT2D eigenvalue weighted by atomic mass is 9.81. The maximum atomic E-state index is 9.20. The number of hydrogen-bond donors (Lipinski definition) is 1. The van der Waals surface area contributed by atoms with Gasteiger partial charge >= 0.3 is 0 Å². The van der Waals surface area contributed by atoms with Gasteiger partial charge in [0.05, 0.1) is 24.9 Å². The minimum absolute atomic E-state index is 0.0985. The van der Waals surface area contributed by atoms with Crippen LogP contribution in [-0.2, 0) is 9.47 Å². The summed E-state index contributed by atoms with van der Waals surface area (Å²) < 4.78 is 10.9. The highest BCUT2D eigenvalue weighted by Crippen LogP contribution is 2.30. The van der Waals surface area contributed by atoms with E-state index in [4.69, 9.17) is 9.47 Å². The molecule has 16 heavy (non-hydrogen) atoms. The van der Waals surface area contributed by atoms with Crippen LogP contribution in [0.2, 0.25) is 0 Å². The van der Waals surface area contributed by atoms with Crippen LogP contribution in [0.4, 0.5) is 0 Å². The second-order valence-corrected chi connectivity index (χ2v) is 4.56. The van der Waals surface area contributed by atoms with Crippen molar-refractivity contribution in [3.63, 3.8) is 0 Å². The molecule has 1 saturated carbocycles. The molecule has 0 aliphatic heterocycles. The predicted molar refractivity (Wildman–Crippen MR) is 62.1 cm³/mol. The largest absolute Gasteiger partial charge is 0.382 e. The lowest BCUT2D eigenvalue weighted by molar-refractivity contribution is -0.0609. The van der Waals surface area contributed by atoms with Crippen LogP contribution in [0.5, 0.6) is 0 Å². The minimum atomic E-state index is -0.393. The quantitative estimate of drug-likeness (QED) is 0.771. The molecule has 4 nitrogen and oxygen atoms in total. The van der Waals surface area contributed by atoms with E-state index in [1.165, 1.54) is 0 Å². The maximum absolute atomic E-state index is 9.20. The zero-order valence-electron chi connectivity index (χ0n) is 10.5. The summed E-state index contributed by atoms with van der Waals surface area (Å²) in [5.74, 6) is 0. The van der Waals surface area contributed by atoms with Gasteiger partial charge in [-0.05, 0) is 33.2 Å². The highest BCUT2D eigenvalue weighted by Gasteiger charge is 2.36. The topological polar surface area (TPSA) is 54.3 Å². The van der Waals surface area contributed by atoms with E-state index >= 15 is 0 Å². The Bertz CT molecular complexity index is 252. The van der Waals surface area contributed by atoms with Crippen LogP contribution >= 0.6 is 0 Å². The van der Waals surface area contributed by atoms with E-state index in [1.807, 2.05) is 14.0 Å². The molecular formula is C12H22N2O2. The average Bonchev–Trinajstić information content (AvgIpc) is 2.29. The summed E-state index contributed by atoms with van der Waals surface area (Å²) in [7, 11) is 3.53. The monoisotopic (exact) mass is 226 g/mol. The molecule has 1 fully saturated rings. The SMILES string of the molecule is CNC1(C#N)CCCC(OC(C)COC)C1. The van der Waals surface area contributed by atoms with E-state index in [0.717, 1.165) is 25.7 Å². The Kier molecular flexibility index (Phi) is 5.20. The molecule has 3 atom stereocenters. The van der Waals surface area contributed by atoms with Crippen LogP contribution in [0.1, 0.15) is 32.6 Å². The Balaban J connectivity index is 2.48. The number of nitriles is 1. The molecule has 4 heteroatoms. The Hall–Kier alpha value is -0.630. The van der Waals surface area contributed by atoms with Crippen molar-refractivity contribution in [2.75, 3.05) is 20.8 Å². The van der Waals surface area contributed by atoms with Crippen molar-refractivity contribution >= 4 is 0 Å². The van der Waals surface area contributed by atoms with E-state index in [2.05, 4.69) is 11.4 Å². The fraction of sp³-hybridized carbons (Fsp3) is 0.917. The van der Waals surface area contributed by atoms with Crippen LogP contribution in [0, 0.1) is 11.3 Å². The first-order valence-corrected chi connectivity index (χ1v) is 5.90. The Morgan fingerprint density at radius 2 is 2.38 bits per heavy atom. The lowest BCUT2D eigenvalue weighted by Crippen LogP contribution is -2.48. The van der Waals surface area contributed by atoms with Gasteiger partial charge in [-0.15, -0.1) is 0 Å². The highest BCUT2D eigenvalue weighted by molar-refractivity contribution is 5.09. The molecule has 0 aromatic rings. The predicted octanol–water partition coefficient (Wildman–Crippen LogP) is 1.46. The van der Waals surface area contributed by atoms with Crippen molar-refractivity contribution in [1.29, 1.82) is 5.26 Å². The summed E-state index contributed by atoms with van der Waals surface area (Å²) in [5.41, 5.74) is -0.393. The molecule has 1 N–H and O–H groups in total. The third kappa shape index (κ3) is 3.44. The maximum Gasteiger partial charge on any atom is 0.109 e. The summed E-state index contributed by atoms with van der Waals surface area (Å²) in [5, 5.41) is 12.3. The molecule has 0 saturated heterocycles. The van der Waals surface area contributed by atoms with E-state index in [9.17, 15) is 5.26 Å². The highest BCUT2D eigenvalue weighted by atomic mass is 16.5. The first-order valence-electron chi connectivity index (χ1n) is 5.90. The summed E-state index contributed by atoms with van der Waals surface area (Å²) in [6, 6.07) is 2.38. The van der Waals surface area contributed by atoms with Gasteiger partial charge in [0.2, 0.25) is 0 Å². The molecule has 0 aromatic heterocycles. The number of methoxy groups -OCH3 is 1. The van der Waals surface area contributed by atoms with E-state index in [-0.39, 0.29) is 12.2 Å². The third-order valence-corrected chi connectivity index (χ3v) is 3.22. The van der Waals surface area contributed by atoms with Crippen molar-refractivity contribution in [2.24, 2.45) is 0 Å². The van der Waals surface area contributed by atoms with Gasteiger partial charge in [-0.25, -0.2) is 0 Å². The van der Waals surface area contributed by atoms with Crippen molar-refractivity contribution in [3.8, 4) is 6.07 Å². The zero-order chi connectivity index (χ0) is 12.0. The fourth-order valence-corrected chi connectivity index (χ4v) is 2.33. The summed E-state index contributed by atoms with van der Waals surface area (Å²) in [6.45, 7) is 2.61. The Morgan fingerprint density at radius 1 is 1.62 bits per heavy atom. The Morgan fingerprint density at radius 3 is 2.94 bits per heavy atom. The van der Waals surface area contributed by atoms with E-state index in [0.29, 0.717) is 6.61 Å². The van der Waals surface area contributed by atoms with Crippen LogP contribution < -0.4 is 5.32 Å². The zero-order valence-corrected chi connectivity index (χ0v) is 10.5. The number of nitrogens with zero attached hydrogens (tertiary/aromatic N) is 1. The van der Waals surface area contributed by atoms with Gasteiger partial charge in [0, 0.05) is 13.5 Å². The summed E-state index contributed by atoms with van der Waals surface area (Å²) in [4.78, 5) is 0. The molecule has 0 radical (unpaired) electrons. The van der Waals surface area contributed by atoms with Gasteiger partial charge in [-0.3, -0.25) is 0 Å². The molecular weight excluding hydrogens is 204 g/mol. The number of ether oxygens (including phenoxy) is 2. The van der Waals surface area contributed by atoms with Gasteiger partial charge in [-0.1, -0.05) is 0 Å². The smallest absolute Gasteiger partial charge is 0.109 e. The average molecular weight is 226 g/mol. The van der Waals surface area contributed by atoms with Crippen LogP contribution in [0.25, 0.3) is 0 Å². The molecule has 0 bridgehead atoms. The van der Waals surface area contributed by atoms with Crippen molar-refractivity contribution in [3.05, 3.63) is 0 Å². The van der Waals surface area contributed by atoms with Crippen molar-refractivity contribution < 1.29 is 9.47 Å². The molecule has 0 aromatic carbocycles. The van der Waals surface area contributed by atoms with Gasteiger partial charge in [0.1, 0.15) is 5.54 Å². The van der Waals surface area contributed by atoms with E-state index in [1.54, 1.807) is 7.11 Å². The lowest BCUT2D eigenvalue weighted by Gasteiger charge is -2.36. The molecule has 92 valence electrons. The first-order chi connectivity index (χ1) is 7.65. The third-order valence-electron chi connectivity index (χ3n) is 3.22. The first kappa shape index (κ1) is 13.4. The van der Waals surface area contributed by atoms with Crippen LogP contribution in [0.15, 0.2) is 0 Å². The minimum Gasteiger partial charge on any atom is -0.382 e. The Labute approximate surface area is 97.9 Å². The fourth-order valence-electron chi connectivity index (χ4n) is 2.33. The molecule has 0 amide bonds. The molecule has 0 heterocycles. The number of nitrogens with one attached hydrogen (secondary N) is 1. The number of rotatable bonds is 5. The van der Waals surface area contributed by atoms with Gasteiger partial charge in [0.15, 0.2) is 0 Å². The van der Waals surface area contributed by atoms with Crippen LogP contribution in [-0.4, -0.2) is 38.5 Å². The normalized spacial score (nSPS) is 32.0. The van der Waals surface area contributed by atoms with Crippen molar-refractivity contribution in [1.82, 2.24) is 5.32 Å². The van der Waals surface area contributed by atoms with Gasteiger partial charge < -0.3 is 14.8 Å². The standard InChI is InChI=1S/C12H22N2O2/c1-10(8-15-3)16-11-5-4-6-12(7-11,9-13)14-2/h10-11,14H,4-8H2,1-3H3. The van der Waals surface area contributed by atoms with Crippen molar-refractivity contribution in [2.45, 2.75) is 50.4 Å². The van der Waals surface area contributed by atoms with Gasteiger partial charge in [0.25, 0.3) is 0 Å². The second-order valence-electron chi connectivity index (χ2n) is 4.56. The van der Waals surface area contributed by atoms with Crippen LogP contribution in [0.3, 0.4) is 0 Å². The molecule has 1 aliphatic rings. The number of hydrogen-bond acceptors (Lipinski definition) is 4. The molecule has 0 spiro atoms. The molecule has 1 aliphatic carbocycles. The molecule has 1 rings (SSSR count). The van der Waals surface area contributed by atoms with E-state index < -0.39 is 5.54 Å².